The number of nitro groups is 1. The van der Waals surface area contributed by atoms with Gasteiger partial charge in [-0.25, -0.2) is 4.79 Å². The zero-order valence-electron chi connectivity index (χ0n) is 12.2. The summed E-state index contributed by atoms with van der Waals surface area (Å²) in [6, 6.07) is 4.49. The number of rotatable bonds is 6. The number of hydrogen-bond donors (Lipinski definition) is 1. The fourth-order valence-corrected chi connectivity index (χ4v) is 2.12. The third kappa shape index (κ3) is 3.69. The van der Waals surface area contributed by atoms with Crippen LogP contribution >= 0.6 is 0 Å². The number of anilines is 1. The molecule has 0 atom stereocenters. The molecular formula is C14H17N3O4. The van der Waals surface area contributed by atoms with E-state index in [2.05, 4.69) is 0 Å². The van der Waals surface area contributed by atoms with Crippen LogP contribution < -0.4 is 4.90 Å². The summed E-state index contributed by atoms with van der Waals surface area (Å²) in [6.45, 7) is 5.74. The molecule has 0 unspecified atom stereocenters. The van der Waals surface area contributed by atoms with E-state index < -0.39 is 10.9 Å². The molecule has 1 rings (SSSR count). The van der Waals surface area contributed by atoms with E-state index in [1.165, 1.54) is 6.07 Å². The van der Waals surface area contributed by atoms with Crippen LogP contribution in [0.2, 0.25) is 0 Å². The first kappa shape index (κ1) is 16.4. The Morgan fingerprint density at radius 1 is 1.52 bits per heavy atom. The summed E-state index contributed by atoms with van der Waals surface area (Å²) in [7, 11) is 0. The monoisotopic (exact) mass is 291 g/mol. The Bertz CT molecular complexity index is 605. The summed E-state index contributed by atoms with van der Waals surface area (Å²) < 4.78 is 0. The van der Waals surface area contributed by atoms with E-state index in [0.29, 0.717) is 17.8 Å². The van der Waals surface area contributed by atoms with E-state index >= 15 is 0 Å². The van der Waals surface area contributed by atoms with Crippen molar-refractivity contribution in [3.8, 4) is 6.07 Å². The second-order valence-corrected chi connectivity index (χ2v) is 4.90. The van der Waals surface area contributed by atoms with Gasteiger partial charge in [0.05, 0.1) is 28.5 Å². The second-order valence-electron chi connectivity index (χ2n) is 4.90. The number of nitro benzene ring substituents is 1. The van der Waals surface area contributed by atoms with E-state index in [0.717, 1.165) is 6.07 Å². The van der Waals surface area contributed by atoms with Crippen molar-refractivity contribution in [3.63, 3.8) is 0 Å². The van der Waals surface area contributed by atoms with Crippen LogP contribution in [0.3, 0.4) is 0 Å². The van der Waals surface area contributed by atoms with Crippen molar-refractivity contribution in [2.45, 2.75) is 33.2 Å². The Morgan fingerprint density at radius 3 is 2.57 bits per heavy atom. The molecule has 0 amide bonds. The molecule has 0 spiro atoms. The van der Waals surface area contributed by atoms with Gasteiger partial charge in [-0.1, -0.05) is 0 Å². The number of aromatic carboxylic acids is 1. The minimum absolute atomic E-state index is 0.0132. The SMILES string of the molecule is Cc1c(N(CCC#N)C(C)C)cc(C(=O)O)cc1[N+](=O)[O-]. The van der Waals surface area contributed by atoms with E-state index in [1.807, 2.05) is 19.9 Å². The highest BCUT2D eigenvalue weighted by molar-refractivity contribution is 5.90. The van der Waals surface area contributed by atoms with Gasteiger partial charge in [-0.05, 0) is 26.8 Å². The van der Waals surface area contributed by atoms with E-state index in [9.17, 15) is 14.9 Å². The summed E-state index contributed by atoms with van der Waals surface area (Å²) in [4.78, 5) is 23.5. The number of carboxylic acids is 1. The largest absolute Gasteiger partial charge is 0.478 e. The first-order chi connectivity index (χ1) is 9.79. The maximum Gasteiger partial charge on any atom is 0.336 e. The van der Waals surface area contributed by atoms with E-state index in [-0.39, 0.29) is 23.7 Å². The quantitative estimate of drug-likeness (QED) is 0.637. The van der Waals surface area contributed by atoms with Gasteiger partial charge in [0, 0.05) is 24.3 Å². The Balaban J connectivity index is 3.47. The van der Waals surface area contributed by atoms with Gasteiger partial charge < -0.3 is 10.0 Å². The number of nitrogens with zero attached hydrogens (tertiary/aromatic N) is 3. The Labute approximate surface area is 122 Å². The van der Waals surface area contributed by atoms with Gasteiger partial charge in [0.15, 0.2) is 0 Å². The predicted molar refractivity (Wildman–Crippen MR) is 77.5 cm³/mol. The van der Waals surface area contributed by atoms with Gasteiger partial charge in [-0.2, -0.15) is 5.26 Å². The van der Waals surface area contributed by atoms with E-state index in [4.69, 9.17) is 10.4 Å². The van der Waals surface area contributed by atoms with Crippen LogP contribution in [-0.2, 0) is 0 Å². The van der Waals surface area contributed by atoms with Crippen LogP contribution in [0.15, 0.2) is 12.1 Å². The topological polar surface area (TPSA) is 107 Å². The molecule has 0 aromatic heterocycles. The molecular weight excluding hydrogens is 274 g/mol. The number of hydrogen-bond acceptors (Lipinski definition) is 5. The maximum absolute atomic E-state index is 11.2. The molecule has 0 aliphatic rings. The molecule has 0 aliphatic carbocycles. The fraction of sp³-hybridized carbons (Fsp3) is 0.429. The summed E-state index contributed by atoms with van der Waals surface area (Å²) >= 11 is 0. The van der Waals surface area contributed by atoms with Crippen molar-refractivity contribution in [1.82, 2.24) is 0 Å². The lowest BCUT2D eigenvalue weighted by atomic mass is 10.0. The average molecular weight is 291 g/mol. The number of nitriles is 1. The van der Waals surface area contributed by atoms with Gasteiger partial charge in [0.1, 0.15) is 0 Å². The first-order valence-corrected chi connectivity index (χ1v) is 6.45. The number of carboxylic acid groups (broad SMARTS) is 1. The molecule has 1 aromatic rings. The molecule has 0 aliphatic heterocycles. The Hall–Kier alpha value is -2.62. The molecule has 0 saturated heterocycles. The molecule has 0 fully saturated rings. The highest BCUT2D eigenvalue weighted by Crippen LogP contribution is 2.31. The minimum Gasteiger partial charge on any atom is -0.478 e. The lowest BCUT2D eigenvalue weighted by Gasteiger charge is -2.29. The van der Waals surface area contributed by atoms with Crippen LogP contribution in [0.4, 0.5) is 11.4 Å². The standard InChI is InChI=1S/C14H17N3O4/c1-9(2)16(6-4-5-15)12-7-11(14(18)19)8-13(10(12)3)17(20)21/h7-9H,4,6H2,1-3H3,(H,18,19). The molecule has 7 nitrogen and oxygen atoms in total. The second kappa shape index (κ2) is 6.70. The lowest BCUT2D eigenvalue weighted by Crippen LogP contribution is -2.32. The van der Waals surface area contributed by atoms with E-state index in [1.54, 1.807) is 11.8 Å². The summed E-state index contributed by atoms with van der Waals surface area (Å²) in [5.74, 6) is -1.22. The van der Waals surface area contributed by atoms with Crippen molar-refractivity contribution in [3.05, 3.63) is 33.4 Å². The summed E-state index contributed by atoms with van der Waals surface area (Å²) in [5.41, 5.74) is 0.515. The lowest BCUT2D eigenvalue weighted by molar-refractivity contribution is -0.385. The normalized spacial score (nSPS) is 10.2. The third-order valence-corrected chi connectivity index (χ3v) is 3.19. The van der Waals surface area contributed by atoms with Crippen LogP contribution in [0, 0.1) is 28.4 Å². The maximum atomic E-state index is 11.2. The minimum atomic E-state index is -1.22. The van der Waals surface area contributed by atoms with Gasteiger partial charge in [-0.15, -0.1) is 0 Å². The highest BCUT2D eigenvalue weighted by atomic mass is 16.6. The number of benzene rings is 1. The van der Waals surface area contributed by atoms with Gasteiger partial charge >= 0.3 is 5.97 Å². The summed E-state index contributed by atoms with van der Waals surface area (Å²) in [6.07, 6.45) is 0.253. The highest BCUT2D eigenvalue weighted by Gasteiger charge is 2.23. The molecule has 7 heteroatoms. The first-order valence-electron chi connectivity index (χ1n) is 6.45. The molecule has 0 radical (unpaired) electrons. The van der Waals surface area contributed by atoms with Crippen molar-refractivity contribution in [1.29, 1.82) is 5.26 Å². The van der Waals surface area contributed by atoms with Gasteiger partial charge in [0.2, 0.25) is 0 Å². The Morgan fingerprint density at radius 2 is 2.14 bits per heavy atom. The Kier molecular flexibility index (Phi) is 5.24. The molecule has 0 heterocycles. The smallest absolute Gasteiger partial charge is 0.336 e. The van der Waals surface area contributed by atoms with Crippen LogP contribution in [0.25, 0.3) is 0 Å². The third-order valence-electron chi connectivity index (χ3n) is 3.19. The van der Waals surface area contributed by atoms with Gasteiger partial charge in [0.25, 0.3) is 5.69 Å². The fourth-order valence-electron chi connectivity index (χ4n) is 2.12. The molecule has 1 N–H and O–H groups in total. The zero-order chi connectivity index (χ0) is 16.2. The average Bonchev–Trinajstić information content (AvgIpc) is 2.39. The number of carbonyl (C=O) groups is 1. The van der Waals surface area contributed by atoms with Crippen molar-refractivity contribution < 1.29 is 14.8 Å². The van der Waals surface area contributed by atoms with Crippen LogP contribution in [0.1, 0.15) is 36.2 Å². The van der Waals surface area contributed by atoms with Crippen LogP contribution in [0.5, 0.6) is 0 Å². The predicted octanol–water partition coefficient (Wildman–Crippen LogP) is 2.73. The van der Waals surface area contributed by atoms with Crippen LogP contribution in [-0.4, -0.2) is 28.6 Å². The molecule has 21 heavy (non-hydrogen) atoms. The molecule has 112 valence electrons. The molecule has 1 aromatic carbocycles. The van der Waals surface area contributed by atoms with Crippen molar-refractivity contribution in [2.75, 3.05) is 11.4 Å². The van der Waals surface area contributed by atoms with Crippen molar-refractivity contribution in [2.24, 2.45) is 0 Å². The van der Waals surface area contributed by atoms with Crippen molar-refractivity contribution >= 4 is 17.3 Å². The van der Waals surface area contributed by atoms with Gasteiger partial charge in [-0.3, -0.25) is 10.1 Å². The summed E-state index contributed by atoms with van der Waals surface area (Å²) in [5, 5.41) is 28.9. The molecule has 0 bridgehead atoms. The zero-order valence-corrected chi connectivity index (χ0v) is 12.2. The molecule has 0 saturated carbocycles.